The van der Waals surface area contributed by atoms with E-state index in [9.17, 15) is 4.39 Å². The normalized spacial score (nSPS) is 11.3. The lowest BCUT2D eigenvalue weighted by Gasteiger charge is -2.10. The number of aryl methyl sites for hydroxylation is 1. The summed E-state index contributed by atoms with van der Waals surface area (Å²) in [5.74, 6) is 0.462. The van der Waals surface area contributed by atoms with Crippen molar-refractivity contribution in [3.8, 4) is 5.69 Å². The van der Waals surface area contributed by atoms with Crippen molar-refractivity contribution in [2.24, 2.45) is 0 Å². The number of imidazole rings is 1. The molecule has 21 heavy (non-hydrogen) atoms. The molecule has 0 saturated heterocycles. The summed E-state index contributed by atoms with van der Waals surface area (Å²) in [7, 11) is 0. The van der Waals surface area contributed by atoms with Gasteiger partial charge < -0.3 is 0 Å². The summed E-state index contributed by atoms with van der Waals surface area (Å²) in [6.07, 6.45) is 0. The molecule has 108 valence electrons. The van der Waals surface area contributed by atoms with Gasteiger partial charge in [-0.15, -0.1) is 11.6 Å². The van der Waals surface area contributed by atoms with E-state index in [1.807, 2.05) is 4.57 Å². The molecular weight excluding hydrogens is 334 g/mol. The lowest BCUT2D eigenvalue weighted by atomic mass is 10.2. The summed E-state index contributed by atoms with van der Waals surface area (Å²) in [6.45, 7) is 1.70. The van der Waals surface area contributed by atoms with Crippen molar-refractivity contribution < 1.29 is 4.39 Å². The molecular formula is C15H10Cl3FN2. The molecule has 0 spiro atoms. The highest BCUT2D eigenvalue weighted by Crippen LogP contribution is 2.30. The Hall–Kier alpha value is -1.29. The van der Waals surface area contributed by atoms with Crippen molar-refractivity contribution in [3.05, 3.63) is 57.6 Å². The smallest absolute Gasteiger partial charge is 0.129 e. The van der Waals surface area contributed by atoms with Crippen LogP contribution in [-0.2, 0) is 5.88 Å². The van der Waals surface area contributed by atoms with Gasteiger partial charge in [-0.05, 0) is 36.8 Å². The number of halogens is 4. The molecule has 2 aromatic carbocycles. The van der Waals surface area contributed by atoms with Crippen molar-refractivity contribution >= 4 is 45.8 Å². The van der Waals surface area contributed by atoms with Crippen LogP contribution in [-0.4, -0.2) is 9.55 Å². The van der Waals surface area contributed by atoms with Crippen molar-refractivity contribution in [3.63, 3.8) is 0 Å². The number of hydrogen-bond donors (Lipinski definition) is 0. The molecule has 0 amide bonds. The standard InChI is InChI=1S/C15H10Cl3FN2/c1-8-4-14-12(6-11(8)19)20-15(7-16)21(14)13-5-9(17)2-3-10(13)18/h2-6H,7H2,1H3. The lowest BCUT2D eigenvalue weighted by molar-refractivity contribution is 0.620. The van der Waals surface area contributed by atoms with Gasteiger partial charge in [-0.2, -0.15) is 0 Å². The number of fused-ring (bicyclic) bond motifs is 1. The molecule has 0 fully saturated rings. The van der Waals surface area contributed by atoms with Crippen molar-refractivity contribution in [2.45, 2.75) is 12.8 Å². The van der Waals surface area contributed by atoms with Gasteiger partial charge in [-0.3, -0.25) is 4.57 Å². The SMILES string of the molecule is Cc1cc2c(cc1F)nc(CCl)n2-c1cc(Cl)ccc1Cl. The Morgan fingerprint density at radius 2 is 1.95 bits per heavy atom. The zero-order valence-electron chi connectivity index (χ0n) is 11.0. The summed E-state index contributed by atoms with van der Waals surface area (Å²) in [4.78, 5) is 4.37. The molecule has 0 aliphatic rings. The second-order valence-electron chi connectivity index (χ2n) is 4.68. The van der Waals surface area contributed by atoms with E-state index in [0.717, 1.165) is 5.52 Å². The van der Waals surface area contributed by atoms with Gasteiger partial charge in [0.25, 0.3) is 0 Å². The minimum absolute atomic E-state index is 0.179. The molecule has 0 unspecified atom stereocenters. The van der Waals surface area contributed by atoms with Crippen LogP contribution in [0.15, 0.2) is 30.3 Å². The molecule has 3 rings (SSSR count). The summed E-state index contributed by atoms with van der Waals surface area (Å²) < 4.78 is 15.5. The van der Waals surface area contributed by atoms with Crippen LogP contribution < -0.4 is 0 Å². The lowest BCUT2D eigenvalue weighted by Crippen LogP contribution is -2.00. The molecule has 3 aromatic rings. The average Bonchev–Trinajstić information content (AvgIpc) is 2.79. The Balaban J connectivity index is 2.40. The number of aromatic nitrogens is 2. The third-order valence-electron chi connectivity index (χ3n) is 3.27. The molecule has 1 heterocycles. The van der Waals surface area contributed by atoms with Crippen LogP contribution >= 0.6 is 34.8 Å². The fourth-order valence-corrected chi connectivity index (χ4v) is 2.82. The van der Waals surface area contributed by atoms with Gasteiger partial charge in [-0.25, -0.2) is 9.37 Å². The molecule has 0 saturated carbocycles. The first-order valence-electron chi connectivity index (χ1n) is 6.20. The van der Waals surface area contributed by atoms with Crippen molar-refractivity contribution in [1.82, 2.24) is 9.55 Å². The molecule has 1 aromatic heterocycles. The van der Waals surface area contributed by atoms with Gasteiger partial charge in [0.05, 0.1) is 27.6 Å². The highest BCUT2D eigenvalue weighted by molar-refractivity contribution is 6.34. The number of rotatable bonds is 2. The molecule has 6 heteroatoms. The van der Waals surface area contributed by atoms with E-state index in [2.05, 4.69) is 4.98 Å². The van der Waals surface area contributed by atoms with Gasteiger partial charge in [0, 0.05) is 11.1 Å². The minimum Gasteiger partial charge on any atom is -0.294 e. The van der Waals surface area contributed by atoms with Gasteiger partial charge in [-0.1, -0.05) is 23.2 Å². The van der Waals surface area contributed by atoms with E-state index in [4.69, 9.17) is 34.8 Å². The minimum atomic E-state index is -0.300. The Kier molecular flexibility index (Phi) is 3.82. The first-order valence-corrected chi connectivity index (χ1v) is 7.49. The van der Waals surface area contributed by atoms with Gasteiger partial charge in [0.1, 0.15) is 11.6 Å². The highest BCUT2D eigenvalue weighted by Gasteiger charge is 2.16. The fourth-order valence-electron chi connectivity index (χ4n) is 2.27. The first kappa shape index (κ1) is 14.6. The van der Waals surface area contributed by atoms with E-state index in [0.29, 0.717) is 32.6 Å². The van der Waals surface area contributed by atoms with E-state index >= 15 is 0 Å². The Morgan fingerprint density at radius 1 is 1.19 bits per heavy atom. The Bertz CT molecular complexity index is 843. The first-order chi connectivity index (χ1) is 10.0. The third-order valence-corrected chi connectivity index (χ3v) is 4.07. The summed E-state index contributed by atoms with van der Waals surface area (Å²) in [5, 5.41) is 1.07. The molecule has 0 radical (unpaired) electrons. The summed E-state index contributed by atoms with van der Waals surface area (Å²) in [5.41, 5.74) is 2.48. The zero-order valence-corrected chi connectivity index (χ0v) is 13.3. The topological polar surface area (TPSA) is 17.8 Å². The van der Waals surface area contributed by atoms with Crippen LogP contribution in [0.3, 0.4) is 0 Å². The van der Waals surface area contributed by atoms with E-state index in [1.165, 1.54) is 6.07 Å². The maximum atomic E-state index is 13.7. The molecule has 0 aliphatic heterocycles. The number of hydrogen-bond acceptors (Lipinski definition) is 1. The number of nitrogens with zero attached hydrogens (tertiary/aromatic N) is 2. The van der Waals surface area contributed by atoms with Crippen molar-refractivity contribution in [2.75, 3.05) is 0 Å². The molecule has 2 nitrogen and oxygen atoms in total. The monoisotopic (exact) mass is 342 g/mol. The fraction of sp³-hybridized carbons (Fsp3) is 0.133. The molecule has 0 atom stereocenters. The molecule has 0 N–H and O–H groups in total. The number of alkyl halides is 1. The second kappa shape index (κ2) is 5.48. The largest absolute Gasteiger partial charge is 0.294 e. The average molecular weight is 344 g/mol. The summed E-state index contributed by atoms with van der Waals surface area (Å²) >= 11 is 18.3. The van der Waals surface area contributed by atoms with Crippen LogP contribution in [0.25, 0.3) is 16.7 Å². The van der Waals surface area contributed by atoms with Crippen LogP contribution in [0.4, 0.5) is 4.39 Å². The number of benzene rings is 2. The Labute approximate surface area is 136 Å². The zero-order chi connectivity index (χ0) is 15.1. The summed E-state index contributed by atoms with van der Waals surface area (Å²) in [6, 6.07) is 8.28. The third kappa shape index (κ3) is 2.50. The quantitative estimate of drug-likeness (QED) is 0.560. The maximum absolute atomic E-state index is 13.7. The van der Waals surface area contributed by atoms with Crippen LogP contribution in [0.5, 0.6) is 0 Å². The van der Waals surface area contributed by atoms with Gasteiger partial charge in [0.2, 0.25) is 0 Å². The van der Waals surface area contributed by atoms with Crippen LogP contribution in [0.2, 0.25) is 10.0 Å². The molecule has 0 bridgehead atoms. The van der Waals surface area contributed by atoms with Gasteiger partial charge >= 0.3 is 0 Å². The Morgan fingerprint density at radius 3 is 2.67 bits per heavy atom. The highest BCUT2D eigenvalue weighted by atomic mass is 35.5. The van der Waals surface area contributed by atoms with E-state index in [1.54, 1.807) is 31.2 Å². The molecule has 0 aliphatic carbocycles. The van der Waals surface area contributed by atoms with Gasteiger partial charge in [0.15, 0.2) is 0 Å². The maximum Gasteiger partial charge on any atom is 0.129 e. The van der Waals surface area contributed by atoms with Crippen LogP contribution in [0.1, 0.15) is 11.4 Å². The predicted molar refractivity (Wildman–Crippen MR) is 85.3 cm³/mol. The second-order valence-corrected chi connectivity index (χ2v) is 5.79. The predicted octanol–water partition coefficient (Wildman–Crippen LogP) is 5.52. The van der Waals surface area contributed by atoms with E-state index in [-0.39, 0.29) is 11.7 Å². The van der Waals surface area contributed by atoms with E-state index < -0.39 is 0 Å². The van der Waals surface area contributed by atoms with Crippen LogP contribution in [0, 0.1) is 12.7 Å². The van der Waals surface area contributed by atoms with Crippen molar-refractivity contribution in [1.29, 1.82) is 0 Å².